The van der Waals surface area contributed by atoms with E-state index in [9.17, 15) is 4.79 Å². The predicted molar refractivity (Wildman–Crippen MR) is 74.0 cm³/mol. The lowest BCUT2D eigenvalue weighted by atomic mass is 10.1. The van der Waals surface area contributed by atoms with Crippen molar-refractivity contribution in [3.05, 3.63) is 36.4 Å². The van der Waals surface area contributed by atoms with Crippen LogP contribution in [0.25, 0.3) is 10.8 Å². The minimum atomic E-state index is -0.248. The van der Waals surface area contributed by atoms with Gasteiger partial charge in [0.25, 0.3) is 0 Å². The fourth-order valence-corrected chi connectivity index (χ4v) is 1.88. The van der Waals surface area contributed by atoms with Gasteiger partial charge >= 0.3 is 0 Å². The van der Waals surface area contributed by atoms with Crippen LogP contribution in [0.3, 0.4) is 0 Å². The minimum absolute atomic E-state index is 0.248. The summed E-state index contributed by atoms with van der Waals surface area (Å²) in [6.45, 7) is 6.04. The van der Waals surface area contributed by atoms with Crippen molar-refractivity contribution in [1.82, 2.24) is 0 Å². The molecular weight excluding hydrogens is 226 g/mol. The second kappa shape index (κ2) is 4.69. The molecule has 2 aromatic rings. The van der Waals surface area contributed by atoms with Crippen LogP contribution in [0.15, 0.2) is 36.4 Å². The van der Waals surface area contributed by atoms with Crippen molar-refractivity contribution in [3.63, 3.8) is 0 Å². The Hall–Kier alpha value is -2.03. The number of hydrogen-bond donors (Lipinski definition) is 1. The van der Waals surface area contributed by atoms with Crippen molar-refractivity contribution in [2.24, 2.45) is 0 Å². The van der Waals surface area contributed by atoms with Gasteiger partial charge in [-0.05, 0) is 32.9 Å². The third kappa shape index (κ3) is 2.62. The molecular formula is C15H17NO2. The third-order valence-corrected chi connectivity index (χ3v) is 2.51. The Kier molecular flexibility index (Phi) is 3.24. The summed E-state index contributed by atoms with van der Waals surface area (Å²) >= 11 is 0. The maximum atomic E-state index is 10.6. The Morgan fingerprint density at radius 1 is 1.06 bits per heavy atom. The van der Waals surface area contributed by atoms with E-state index in [0.29, 0.717) is 6.41 Å². The quantitative estimate of drug-likeness (QED) is 0.837. The molecule has 0 unspecified atom stereocenters. The first kappa shape index (κ1) is 12.4. The largest absolute Gasteiger partial charge is 0.488 e. The number of carbonyl (C=O) groups is 1. The average molecular weight is 243 g/mol. The van der Waals surface area contributed by atoms with Crippen LogP contribution < -0.4 is 10.1 Å². The van der Waals surface area contributed by atoms with Crippen molar-refractivity contribution in [1.29, 1.82) is 0 Å². The van der Waals surface area contributed by atoms with Crippen LogP contribution in [0.5, 0.6) is 5.75 Å². The minimum Gasteiger partial charge on any atom is -0.488 e. The third-order valence-electron chi connectivity index (χ3n) is 2.51. The van der Waals surface area contributed by atoms with Crippen molar-refractivity contribution >= 4 is 22.9 Å². The van der Waals surface area contributed by atoms with Gasteiger partial charge in [-0.25, -0.2) is 0 Å². The topological polar surface area (TPSA) is 38.3 Å². The first-order valence-corrected chi connectivity index (χ1v) is 5.92. The lowest BCUT2D eigenvalue weighted by Gasteiger charge is -2.23. The monoisotopic (exact) mass is 243 g/mol. The maximum absolute atomic E-state index is 10.6. The second-order valence-corrected chi connectivity index (χ2v) is 5.13. The summed E-state index contributed by atoms with van der Waals surface area (Å²) in [6, 6.07) is 11.6. The highest BCUT2D eigenvalue weighted by atomic mass is 16.5. The number of anilines is 1. The van der Waals surface area contributed by atoms with E-state index in [2.05, 4.69) is 5.32 Å². The van der Waals surface area contributed by atoms with Crippen LogP contribution in [0.1, 0.15) is 20.8 Å². The molecule has 94 valence electrons. The number of rotatable bonds is 3. The van der Waals surface area contributed by atoms with Crippen molar-refractivity contribution in [2.75, 3.05) is 5.32 Å². The summed E-state index contributed by atoms with van der Waals surface area (Å²) in [5.74, 6) is 0.828. The van der Waals surface area contributed by atoms with Crippen molar-refractivity contribution in [2.45, 2.75) is 26.4 Å². The van der Waals surface area contributed by atoms with E-state index in [1.807, 2.05) is 57.2 Å². The summed E-state index contributed by atoms with van der Waals surface area (Å²) in [5, 5.41) is 4.68. The molecule has 2 rings (SSSR count). The number of hydrogen-bond acceptors (Lipinski definition) is 2. The molecule has 0 aliphatic rings. The van der Waals surface area contributed by atoms with Gasteiger partial charge in [-0.2, -0.15) is 0 Å². The molecule has 0 bridgehead atoms. The molecule has 18 heavy (non-hydrogen) atoms. The summed E-state index contributed by atoms with van der Waals surface area (Å²) < 4.78 is 5.93. The van der Waals surface area contributed by atoms with Crippen LogP contribution in [0.2, 0.25) is 0 Å². The van der Waals surface area contributed by atoms with E-state index < -0.39 is 0 Å². The van der Waals surface area contributed by atoms with Crippen molar-refractivity contribution < 1.29 is 9.53 Å². The van der Waals surface area contributed by atoms with Crippen LogP contribution in [-0.2, 0) is 4.79 Å². The molecule has 0 fully saturated rings. The molecule has 0 heterocycles. The molecule has 0 saturated heterocycles. The Morgan fingerprint density at radius 3 is 2.33 bits per heavy atom. The summed E-state index contributed by atoms with van der Waals surface area (Å²) in [7, 11) is 0. The number of fused-ring (bicyclic) bond motifs is 1. The van der Waals surface area contributed by atoms with E-state index in [-0.39, 0.29) is 5.60 Å². The average Bonchev–Trinajstić information content (AvgIpc) is 2.31. The van der Waals surface area contributed by atoms with Gasteiger partial charge in [0.15, 0.2) is 0 Å². The SMILES string of the molecule is CC(C)(C)Oc1ccc(NC=O)c2ccccc12. The lowest BCUT2D eigenvalue weighted by Crippen LogP contribution is -2.23. The zero-order valence-corrected chi connectivity index (χ0v) is 10.9. The Balaban J connectivity index is 2.57. The van der Waals surface area contributed by atoms with Crippen molar-refractivity contribution in [3.8, 4) is 5.75 Å². The molecule has 2 aromatic carbocycles. The zero-order chi connectivity index (χ0) is 13.2. The van der Waals surface area contributed by atoms with E-state index in [0.717, 1.165) is 22.2 Å². The van der Waals surface area contributed by atoms with Gasteiger partial charge in [0.2, 0.25) is 6.41 Å². The Labute approximate surface area is 107 Å². The van der Waals surface area contributed by atoms with Crippen LogP contribution in [0.4, 0.5) is 5.69 Å². The number of benzene rings is 2. The summed E-state index contributed by atoms with van der Waals surface area (Å²) in [5.41, 5.74) is 0.546. The smallest absolute Gasteiger partial charge is 0.211 e. The first-order chi connectivity index (χ1) is 8.51. The molecule has 0 radical (unpaired) electrons. The Morgan fingerprint density at radius 2 is 1.72 bits per heavy atom. The van der Waals surface area contributed by atoms with Crippen LogP contribution in [-0.4, -0.2) is 12.0 Å². The van der Waals surface area contributed by atoms with E-state index in [1.54, 1.807) is 0 Å². The molecule has 0 aliphatic carbocycles. The Bertz CT molecular complexity index is 570. The van der Waals surface area contributed by atoms with Gasteiger partial charge < -0.3 is 10.1 Å². The molecule has 3 nitrogen and oxygen atoms in total. The van der Waals surface area contributed by atoms with Gasteiger partial charge in [-0.15, -0.1) is 0 Å². The number of nitrogens with one attached hydrogen (secondary N) is 1. The van der Waals surface area contributed by atoms with Gasteiger partial charge in [0.1, 0.15) is 11.4 Å². The highest BCUT2D eigenvalue weighted by Gasteiger charge is 2.14. The first-order valence-electron chi connectivity index (χ1n) is 5.92. The second-order valence-electron chi connectivity index (χ2n) is 5.13. The van der Waals surface area contributed by atoms with Crippen LogP contribution in [0, 0.1) is 0 Å². The highest BCUT2D eigenvalue weighted by Crippen LogP contribution is 2.33. The maximum Gasteiger partial charge on any atom is 0.211 e. The molecule has 0 aliphatic heterocycles. The van der Waals surface area contributed by atoms with Gasteiger partial charge in [0.05, 0.1) is 0 Å². The molecule has 1 amide bonds. The molecule has 1 N–H and O–H groups in total. The predicted octanol–water partition coefficient (Wildman–Crippen LogP) is 3.59. The molecule has 0 spiro atoms. The number of carbonyl (C=O) groups excluding carboxylic acids is 1. The van der Waals surface area contributed by atoms with E-state index in [4.69, 9.17) is 4.74 Å². The van der Waals surface area contributed by atoms with Gasteiger partial charge in [0, 0.05) is 16.5 Å². The normalized spacial score (nSPS) is 11.3. The number of ether oxygens (including phenoxy) is 1. The summed E-state index contributed by atoms with van der Waals surface area (Å²) in [4.78, 5) is 10.6. The fourth-order valence-electron chi connectivity index (χ4n) is 1.88. The molecule has 0 atom stereocenters. The molecule has 0 saturated carbocycles. The molecule has 0 aromatic heterocycles. The van der Waals surface area contributed by atoms with Gasteiger partial charge in [-0.3, -0.25) is 4.79 Å². The fraction of sp³-hybridized carbons (Fsp3) is 0.267. The highest BCUT2D eigenvalue weighted by molar-refractivity contribution is 6.00. The molecule has 3 heteroatoms. The van der Waals surface area contributed by atoms with Crippen LogP contribution >= 0.6 is 0 Å². The van der Waals surface area contributed by atoms with E-state index in [1.165, 1.54) is 0 Å². The lowest BCUT2D eigenvalue weighted by molar-refractivity contribution is -0.105. The number of amides is 1. The standard InChI is InChI=1S/C15H17NO2/c1-15(2,3)18-14-9-8-13(16-10-17)11-6-4-5-7-12(11)14/h4-10H,1-3H3,(H,16,17). The summed E-state index contributed by atoms with van der Waals surface area (Å²) in [6.07, 6.45) is 0.687. The zero-order valence-electron chi connectivity index (χ0n) is 10.9. The van der Waals surface area contributed by atoms with Gasteiger partial charge in [-0.1, -0.05) is 24.3 Å². The van der Waals surface area contributed by atoms with E-state index >= 15 is 0 Å².